The highest BCUT2D eigenvalue weighted by atomic mass is 16.5. The van der Waals surface area contributed by atoms with Crippen molar-refractivity contribution in [1.82, 2.24) is 9.55 Å². The molecule has 0 amide bonds. The first-order valence-electron chi connectivity index (χ1n) is 6.36. The van der Waals surface area contributed by atoms with Crippen LogP contribution in [0.25, 0.3) is 0 Å². The molecular weight excluding hydrogens is 248 g/mol. The third-order valence-electron chi connectivity index (χ3n) is 3.08. The molecule has 0 saturated carbocycles. The van der Waals surface area contributed by atoms with Gasteiger partial charge in [0, 0.05) is 13.7 Å². The molecule has 0 radical (unpaired) electrons. The molecule has 108 valence electrons. The van der Waals surface area contributed by atoms with Crippen LogP contribution in [0, 0.1) is 5.92 Å². The highest BCUT2D eigenvalue weighted by molar-refractivity contribution is 5.60. The number of aromatic nitrogens is 2. The number of aromatic amines is 1. The lowest BCUT2D eigenvalue weighted by molar-refractivity contribution is 0.186. The van der Waals surface area contributed by atoms with E-state index < -0.39 is 11.2 Å². The van der Waals surface area contributed by atoms with Gasteiger partial charge in [0.2, 0.25) is 0 Å². The predicted octanol–water partition coefficient (Wildman–Crippen LogP) is 0.223. The summed E-state index contributed by atoms with van der Waals surface area (Å²) in [6.45, 7) is 5.42. The fourth-order valence-electron chi connectivity index (χ4n) is 1.58. The number of ether oxygens (including phenoxy) is 1. The van der Waals surface area contributed by atoms with Crippen molar-refractivity contribution in [3.8, 4) is 0 Å². The quantitative estimate of drug-likeness (QED) is 0.658. The lowest BCUT2D eigenvalue weighted by atomic mass is 10.1. The van der Waals surface area contributed by atoms with Crippen molar-refractivity contribution in [1.29, 1.82) is 0 Å². The van der Waals surface area contributed by atoms with Crippen LogP contribution in [0.3, 0.4) is 0 Å². The molecule has 1 aromatic rings. The van der Waals surface area contributed by atoms with Crippen molar-refractivity contribution in [3.05, 3.63) is 20.8 Å². The Hall–Kier alpha value is -1.76. The predicted molar refractivity (Wildman–Crippen MR) is 75.6 cm³/mol. The van der Waals surface area contributed by atoms with Gasteiger partial charge in [0.25, 0.3) is 5.56 Å². The van der Waals surface area contributed by atoms with E-state index in [9.17, 15) is 9.59 Å². The first kappa shape index (κ1) is 15.3. The van der Waals surface area contributed by atoms with Gasteiger partial charge in [-0.3, -0.25) is 14.3 Å². The van der Waals surface area contributed by atoms with Gasteiger partial charge in [0.15, 0.2) is 0 Å². The number of nitrogen functional groups attached to an aromatic ring is 1. The van der Waals surface area contributed by atoms with Crippen LogP contribution < -0.4 is 22.3 Å². The third kappa shape index (κ3) is 3.85. The number of nitrogens with one attached hydrogen (secondary N) is 2. The number of methoxy groups -OCH3 is 1. The van der Waals surface area contributed by atoms with Crippen LogP contribution >= 0.6 is 0 Å². The highest BCUT2D eigenvalue weighted by Crippen LogP contribution is 2.11. The first-order chi connectivity index (χ1) is 9.01. The molecule has 7 heteroatoms. The molecule has 0 aliphatic heterocycles. The van der Waals surface area contributed by atoms with E-state index in [2.05, 4.69) is 24.1 Å². The van der Waals surface area contributed by atoms with Crippen LogP contribution in [0.5, 0.6) is 0 Å². The first-order valence-corrected chi connectivity index (χ1v) is 6.36. The van der Waals surface area contributed by atoms with Crippen LogP contribution in [-0.2, 0) is 11.3 Å². The van der Waals surface area contributed by atoms with E-state index in [1.54, 1.807) is 0 Å². The topological polar surface area (TPSA) is 102 Å². The van der Waals surface area contributed by atoms with Crippen LogP contribution in [0.1, 0.15) is 20.3 Å². The van der Waals surface area contributed by atoms with Gasteiger partial charge in [0.1, 0.15) is 11.5 Å². The minimum absolute atomic E-state index is 0.147. The summed E-state index contributed by atoms with van der Waals surface area (Å²) in [5.74, 6) is 0.562. The van der Waals surface area contributed by atoms with Crippen LogP contribution in [0.15, 0.2) is 9.59 Å². The van der Waals surface area contributed by atoms with Crippen molar-refractivity contribution in [2.45, 2.75) is 26.8 Å². The van der Waals surface area contributed by atoms with Gasteiger partial charge >= 0.3 is 5.69 Å². The molecule has 1 atom stereocenters. The summed E-state index contributed by atoms with van der Waals surface area (Å²) in [5, 5.41) is 3.01. The Morgan fingerprint density at radius 2 is 2.16 bits per heavy atom. The standard InChI is InChI=1S/C12H22N4O3/c1-4-8(2)7-14-9-10(13)16(5-6-19-3)12(18)15-11(9)17/h8,14H,4-7,13H2,1-3H3,(H,15,17,18). The van der Waals surface area contributed by atoms with Gasteiger partial charge < -0.3 is 15.8 Å². The molecule has 1 heterocycles. The van der Waals surface area contributed by atoms with Gasteiger partial charge in [-0.2, -0.15) is 0 Å². The van der Waals surface area contributed by atoms with E-state index in [0.717, 1.165) is 6.42 Å². The van der Waals surface area contributed by atoms with Crippen molar-refractivity contribution in [2.75, 3.05) is 31.3 Å². The zero-order valence-electron chi connectivity index (χ0n) is 11.7. The molecule has 4 N–H and O–H groups in total. The van der Waals surface area contributed by atoms with E-state index in [1.807, 2.05) is 0 Å². The molecule has 0 bridgehead atoms. The van der Waals surface area contributed by atoms with Gasteiger partial charge in [0.05, 0.1) is 13.2 Å². The van der Waals surface area contributed by atoms with E-state index in [1.165, 1.54) is 11.7 Å². The zero-order valence-corrected chi connectivity index (χ0v) is 11.7. The Labute approximate surface area is 111 Å². The zero-order chi connectivity index (χ0) is 14.4. The van der Waals surface area contributed by atoms with Gasteiger partial charge in [-0.1, -0.05) is 20.3 Å². The Kier molecular flexibility index (Phi) is 5.62. The molecule has 0 aromatic carbocycles. The largest absolute Gasteiger partial charge is 0.383 e. The van der Waals surface area contributed by atoms with Crippen molar-refractivity contribution in [3.63, 3.8) is 0 Å². The number of hydrogen-bond donors (Lipinski definition) is 3. The second-order valence-electron chi connectivity index (χ2n) is 4.56. The third-order valence-corrected chi connectivity index (χ3v) is 3.08. The summed E-state index contributed by atoms with van der Waals surface area (Å²) in [5.41, 5.74) is 5.12. The highest BCUT2D eigenvalue weighted by Gasteiger charge is 2.12. The van der Waals surface area contributed by atoms with Crippen LogP contribution in [0.2, 0.25) is 0 Å². The molecule has 1 rings (SSSR count). The fraction of sp³-hybridized carbons (Fsp3) is 0.667. The molecule has 0 aliphatic rings. The summed E-state index contributed by atoms with van der Waals surface area (Å²) >= 11 is 0. The second-order valence-corrected chi connectivity index (χ2v) is 4.56. The maximum absolute atomic E-state index is 11.7. The molecule has 1 aromatic heterocycles. The number of nitrogens with zero attached hydrogens (tertiary/aromatic N) is 1. The molecule has 7 nitrogen and oxygen atoms in total. The average Bonchev–Trinajstić information content (AvgIpc) is 2.37. The minimum atomic E-state index is -0.520. The Bertz CT molecular complexity index is 521. The number of rotatable bonds is 7. The van der Waals surface area contributed by atoms with Gasteiger partial charge in [-0.15, -0.1) is 0 Å². The maximum Gasteiger partial charge on any atom is 0.330 e. The summed E-state index contributed by atoms with van der Waals surface area (Å²) in [7, 11) is 1.54. The van der Waals surface area contributed by atoms with Crippen molar-refractivity contribution in [2.24, 2.45) is 5.92 Å². The normalized spacial score (nSPS) is 12.4. The molecule has 0 fully saturated rings. The number of anilines is 2. The lowest BCUT2D eigenvalue weighted by Gasteiger charge is -2.15. The molecule has 19 heavy (non-hydrogen) atoms. The van der Waals surface area contributed by atoms with Gasteiger partial charge in [-0.05, 0) is 5.92 Å². The van der Waals surface area contributed by atoms with Gasteiger partial charge in [-0.25, -0.2) is 4.79 Å². The molecular formula is C12H22N4O3. The second kappa shape index (κ2) is 6.98. The van der Waals surface area contributed by atoms with E-state index in [4.69, 9.17) is 10.5 Å². The molecule has 1 unspecified atom stereocenters. The number of hydrogen-bond acceptors (Lipinski definition) is 5. The van der Waals surface area contributed by atoms with E-state index in [-0.39, 0.29) is 11.5 Å². The Morgan fingerprint density at radius 3 is 2.74 bits per heavy atom. The number of nitrogens with two attached hydrogens (primary N) is 1. The lowest BCUT2D eigenvalue weighted by Crippen LogP contribution is -2.35. The summed E-state index contributed by atoms with van der Waals surface area (Å²) < 4.78 is 6.21. The molecule has 0 aliphatic carbocycles. The van der Waals surface area contributed by atoms with Crippen molar-refractivity contribution < 1.29 is 4.74 Å². The summed E-state index contributed by atoms with van der Waals surface area (Å²) in [6.07, 6.45) is 0.994. The number of H-pyrrole nitrogens is 1. The summed E-state index contributed by atoms with van der Waals surface area (Å²) in [6, 6.07) is 0. The van der Waals surface area contributed by atoms with Crippen LogP contribution in [-0.4, -0.2) is 29.8 Å². The van der Waals surface area contributed by atoms with E-state index >= 15 is 0 Å². The average molecular weight is 270 g/mol. The minimum Gasteiger partial charge on any atom is -0.383 e. The van der Waals surface area contributed by atoms with E-state index in [0.29, 0.717) is 25.6 Å². The Balaban J connectivity index is 3.03. The molecule has 0 saturated heterocycles. The molecule has 0 spiro atoms. The van der Waals surface area contributed by atoms with Crippen molar-refractivity contribution >= 4 is 11.5 Å². The smallest absolute Gasteiger partial charge is 0.330 e. The maximum atomic E-state index is 11.7. The monoisotopic (exact) mass is 270 g/mol. The van der Waals surface area contributed by atoms with Crippen LogP contribution in [0.4, 0.5) is 11.5 Å². The Morgan fingerprint density at radius 1 is 1.47 bits per heavy atom. The summed E-state index contributed by atoms with van der Waals surface area (Å²) in [4.78, 5) is 25.7. The SMILES string of the molecule is CCC(C)CNc1c(N)n(CCOC)c(=O)[nH]c1=O. The fourth-order valence-corrected chi connectivity index (χ4v) is 1.58.